The van der Waals surface area contributed by atoms with Gasteiger partial charge in [0.15, 0.2) is 0 Å². The molecule has 5 nitrogen and oxygen atoms in total. The van der Waals surface area contributed by atoms with E-state index in [4.69, 9.17) is 4.42 Å². The van der Waals surface area contributed by atoms with E-state index >= 15 is 0 Å². The first kappa shape index (κ1) is 15.5. The molecular formula is C16H22N2O3S. The lowest BCUT2D eigenvalue weighted by atomic mass is 10.1. The first-order valence-electron chi connectivity index (χ1n) is 7.86. The second-order valence-electron chi connectivity index (χ2n) is 5.97. The lowest BCUT2D eigenvalue weighted by molar-refractivity contribution is -0.140. The van der Waals surface area contributed by atoms with E-state index in [0.717, 1.165) is 43.7 Å². The van der Waals surface area contributed by atoms with E-state index in [1.807, 2.05) is 24.0 Å². The molecule has 3 heterocycles. The molecule has 1 unspecified atom stereocenters. The SMILES string of the molecule is Cc1ccc(C2CCCCCN2C(=O)CN2CSCC2=O)o1. The van der Waals surface area contributed by atoms with Crippen molar-refractivity contribution in [1.82, 2.24) is 9.80 Å². The number of rotatable bonds is 3. The fraction of sp³-hybridized carbons (Fsp3) is 0.625. The maximum Gasteiger partial charge on any atom is 0.242 e. The summed E-state index contributed by atoms with van der Waals surface area (Å²) in [6, 6.07) is 3.93. The first-order valence-corrected chi connectivity index (χ1v) is 9.02. The molecule has 0 bridgehead atoms. The second kappa shape index (κ2) is 6.77. The van der Waals surface area contributed by atoms with Crippen LogP contribution in [-0.2, 0) is 9.59 Å². The second-order valence-corrected chi connectivity index (χ2v) is 6.93. The fourth-order valence-corrected chi connectivity index (χ4v) is 4.03. The molecule has 2 fully saturated rings. The van der Waals surface area contributed by atoms with Crippen molar-refractivity contribution in [2.45, 2.75) is 38.6 Å². The number of likely N-dealkylation sites (tertiary alicyclic amines) is 1. The highest BCUT2D eigenvalue weighted by Gasteiger charge is 2.31. The molecule has 0 aliphatic carbocycles. The smallest absolute Gasteiger partial charge is 0.242 e. The van der Waals surface area contributed by atoms with E-state index in [1.54, 1.807) is 16.7 Å². The molecular weight excluding hydrogens is 300 g/mol. The van der Waals surface area contributed by atoms with Crippen molar-refractivity contribution in [1.29, 1.82) is 0 Å². The van der Waals surface area contributed by atoms with E-state index in [1.165, 1.54) is 0 Å². The number of nitrogens with zero attached hydrogens (tertiary/aromatic N) is 2. The first-order chi connectivity index (χ1) is 10.6. The Labute approximate surface area is 135 Å². The van der Waals surface area contributed by atoms with Gasteiger partial charge in [0.1, 0.15) is 18.1 Å². The number of furan rings is 1. The Bertz CT molecular complexity index is 557. The van der Waals surface area contributed by atoms with Crippen molar-refractivity contribution >= 4 is 23.6 Å². The van der Waals surface area contributed by atoms with E-state index in [0.29, 0.717) is 11.6 Å². The summed E-state index contributed by atoms with van der Waals surface area (Å²) in [7, 11) is 0. The van der Waals surface area contributed by atoms with Crippen LogP contribution in [0.4, 0.5) is 0 Å². The van der Waals surface area contributed by atoms with Gasteiger partial charge in [0.05, 0.1) is 17.7 Å². The topological polar surface area (TPSA) is 53.8 Å². The lowest BCUT2D eigenvalue weighted by Crippen LogP contribution is -2.42. The fourth-order valence-electron chi connectivity index (χ4n) is 3.13. The number of carbonyl (C=O) groups is 2. The number of aryl methyl sites for hydroxylation is 1. The minimum Gasteiger partial charge on any atom is -0.464 e. The molecule has 120 valence electrons. The summed E-state index contributed by atoms with van der Waals surface area (Å²) in [5.41, 5.74) is 0. The summed E-state index contributed by atoms with van der Waals surface area (Å²) in [4.78, 5) is 28.0. The maximum atomic E-state index is 12.7. The molecule has 2 saturated heterocycles. The molecule has 1 aromatic heterocycles. The number of carbonyl (C=O) groups excluding carboxylic acids is 2. The predicted octanol–water partition coefficient (Wildman–Crippen LogP) is 2.56. The van der Waals surface area contributed by atoms with Crippen molar-refractivity contribution in [2.75, 3.05) is 24.7 Å². The van der Waals surface area contributed by atoms with Gasteiger partial charge in [-0.3, -0.25) is 9.59 Å². The van der Waals surface area contributed by atoms with Gasteiger partial charge in [-0.1, -0.05) is 12.8 Å². The van der Waals surface area contributed by atoms with Gasteiger partial charge in [0.25, 0.3) is 0 Å². The average Bonchev–Trinajstić information content (AvgIpc) is 3.00. The predicted molar refractivity (Wildman–Crippen MR) is 85.4 cm³/mol. The monoisotopic (exact) mass is 322 g/mol. The van der Waals surface area contributed by atoms with Crippen LogP contribution < -0.4 is 0 Å². The van der Waals surface area contributed by atoms with Crippen LogP contribution in [0.1, 0.15) is 43.2 Å². The van der Waals surface area contributed by atoms with Crippen LogP contribution in [0.25, 0.3) is 0 Å². The van der Waals surface area contributed by atoms with E-state index in [2.05, 4.69) is 0 Å². The van der Waals surface area contributed by atoms with E-state index in [-0.39, 0.29) is 24.4 Å². The lowest BCUT2D eigenvalue weighted by Gasteiger charge is -2.30. The number of hydrogen-bond donors (Lipinski definition) is 0. The van der Waals surface area contributed by atoms with Crippen molar-refractivity contribution in [2.24, 2.45) is 0 Å². The van der Waals surface area contributed by atoms with Crippen LogP contribution in [-0.4, -0.2) is 46.3 Å². The molecule has 1 aromatic rings. The van der Waals surface area contributed by atoms with Crippen LogP contribution in [0.15, 0.2) is 16.5 Å². The summed E-state index contributed by atoms with van der Waals surface area (Å²) < 4.78 is 5.77. The standard InChI is InChI=1S/C16H22N2O3S/c1-12-6-7-14(21-12)13-5-3-2-4-8-18(13)15(19)9-17-11-22-10-16(17)20/h6-7,13H,2-5,8-11H2,1H3. The minimum atomic E-state index is 0.00839. The van der Waals surface area contributed by atoms with Crippen LogP contribution in [0.5, 0.6) is 0 Å². The molecule has 2 aliphatic rings. The molecule has 0 spiro atoms. The Kier molecular flexibility index (Phi) is 4.76. The third-order valence-electron chi connectivity index (χ3n) is 4.31. The Morgan fingerprint density at radius 2 is 2.23 bits per heavy atom. The van der Waals surface area contributed by atoms with Gasteiger partial charge in [0.2, 0.25) is 11.8 Å². The maximum absolute atomic E-state index is 12.7. The molecule has 0 radical (unpaired) electrons. The molecule has 0 aromatic carbocycles. The molecule has 0 saturated carbocycles. The summed E-state index contributed by atoms with van der Waals surface area (Å²) in [6.07, 6.45) is 4.19. The third kappa shape index (κ3) is 3.32. The molecule has 3 rings (SSSR count). The van der Waals surface area contributed by atoms with Gasteiger partial charge in [-0.05, 0) is 31.9 Å². The Morgan fingerprint density at radius 1 is 1.36 bits per heavy atom. The quantitative estimate of drug-likeness (QED) is 0.858. The zero-order valence-corrected chi connectivity index (χ0v) is 13.7. The molecule has 1 atom stereocenters. The summed E-state index contributed by atoms with van der Waals surface area (Å²) >= 11 is 1.57. The third-order valence-corrected chi connectivity index (χ3v) is 5.26. The zero-order chi connectivity index (χ0) is 15.5. The molecule has 22 heavy (non-hydrogen) atoms. The van der Waals surface area contributed by atoms with Gasteiger partial charge in [0, 0.05) is 6.54 Å². The summed E-state index contributed by atoms with van der Waals surface area (Å²) in [6.45, 7) is 2.87. The van der Waals surface area contributed by atoms with Gasteiger partial charge < -0.3 is 14.2 Å². The Morgan fingerprint density at radius 3 is 2.91 bits per heavy atom. The van der Waals surface area contributed by atoms with Crippen LogP contribution >= 0.6 is 11.8 Å². The van der Waals surface area contributed by atoms with Crippen molar-refractivity contribution in [3.05, 3.63) is 23.7 Å². The normalized spacial score (nSPS) is 23.0. The van der Waals surface area contributed by atoms with Crippen molar-refractivity contribution in [3.8, 4) is 0 Å². The molecule has 2 aliphatic heterocycles. The Hall–Kier alpha value is -1.43. The highest BCUT2D eigenvalue weighted by molar-refractivity contribution is 8.00. The summed E-state index contributed by atoms with van der Waals surface area (Å²) in [5.74, 6) is 2.97. The van der Waals surface area contributed by atoms with Gasteiger partial charge in [-0.15, -0.1) is 11.8 Å². The van der Waals surface area contributed by atoms with E-state index < -0.39 is 0 Å². The van der Waals surface area contributed by atoms with Gasteiger partial charge in [-0.25, -0.2) is 0 Å². The highest BCUT2D eigenvalue weighted by Crippen LogP contribution is 2.31. The van der Waals surface area contributed by atoms with Crippen molar-refractivity contribution < 1.29 is 14.0 Å². The number of amides is 2. The summed E-state index contributed by atoms with van der Waals surface area (Å²) in [5, 5.41) is 0. The zero-order valence-electron chi connectivity index (χ0n) is 12.9. The van der Waals surface area contributed by atoms with Gasteiger partial charge >= 0.3 is 0 Å². The number of hydrogen-bond acceptors (Lipinski definition) is 4. The molecule has 0 N–H and O–H groups in total. The average molecular weight is 322 g/mol. The number of thioether (sulfide) groups is 1. The van der Waals surface area contributed by atoms with Gasteiger partial charge in [-0.2, -0.15) is 0 Å². The highest BCUT2D eigenvalue weighted by atomic mass is 32.2. The van der Waals surface area contributed by atoms with Crippen LogP contribution in [0, 0.1) is 6.92 Å². The minimum absolute atomic E-state index is 0.00839. The Balaban J connectivity index is 1.75. The molecule has 2 amide bonds. The molecule has 6 heteroatoms. The van der Waals surface area contributed by atoms with Crippen LogP contribution in [0.3, 0.4) is 0 Å². The van der Waals surface area contributed by atoms with Crippen molar-refractivity contribution in [3.63, 3.8) is 0 Å². The van der Waals surface area contributed by atoms with E-state index in [9.17, 15) is 9.59 Å². The van der Waals surface area contributed by atoms with Crippen LogP contribution in [0.2, 0.25) is 0 Å². The largest absolute Gasteiger partial charge is 0.464 e.